The predicted octanol–water partition coefficient (Wildman–Crippen LogP) is 1.47. The van der Waals surface area contributed by atoms with E-state index in [0.717, 1.165) is 6.54 Å². The van der Waals surface area contributed by atoms with Crippen LogP contribution in [0.1, 0.15) is 24.2 Å². The van der Waals surface area contributed by atoms with Crippen LogP contribution in [0.5, 0.6) is 0 Å². The minimum atomic E-state index is -1.03. The Morgan fingerprint density at radius 3 is 2.74 bits per heavy atom. The molecule has 1 rings (SSSR count). The van der Waals surface area contributed by atoms with Gasteiger partial charge >= 0.3 is 5.97 Å². The Hall–Kier alpha value is -1.82. The molecule has 0 unspecified atom stereocenters. The van der Waals surface area contributed by atoms with Gasteiger partial charge in [0.2, 0.25) is 0 Å². The van der Waals surface area contributed by atoms with E-state index in [4.69, 9.17) is 15.6 Å². The molecule has 1 aromatic rings. The number of nitrogens with zero attached hydrogens (tertiary/aromatic N) is 2. The summed E-state index contributed by atoms with van der Waals surface area (Å²) in [4.78, 5) is 17.0. The average Bonchev–Trinajstić information content (AvgIpc) is 2.34. The van der Waals surface area contributed by atoms with E-state index in [1.54, 1.807) is 7.11 Å². The first-order chi connectivity index (χ1) is 8.95. The van der Waals surface area contributed by atoms with Crippen LogP contribution >= 0.6 is 0 Å². The largest absolute Gasteiger partial charge is 0.478 e. The van der Waals surface area contributed by atoms with Gasteiger partial charge in [-0.15, -0.1) is 0 Å². The molecule has 1 aromatic heterocycles. The van der Waals surface area contributed by atoms with Crippen molar-refractivity contribution in [1.29, 1.82) is 0 Å². The predicted molar refractivity (Wildman–Crippen MR) is 74.5 cm³/mol. The molecule has 6 heteroatoms. The van der Waals surface area contributed by atoms with Crippen molar-refractivity contribution < 1.29 is 14.6 Å². The number of hydrogen-bond acceptors (Lipinski definition) is 5. The molecule has 1 heterocycles. The minimum Gasteiger partial charge on any atom is -0.478 e. The summed E-state index contributed by atoms with van der Waals surface area (Å²) in [6.45, 7) is 6.21. The summed E-state index contributed by atoms with van der Waals surface area (Å²) in [7, 11) is 1.64. The van der Waals surface area contributed by atoms with E-state index in [1.165, 1.54) is 12.3 Å². The van der Waals surface area contributed by atoms with E-state index < -0.39 is 5.97 Å². The quantitative estimate of drug-likeness (QED) is 0.777. The molecule has 0 atom stereocenters. The summed E-state index contributed by atoms with van der Waals surface area (Å²) in [5.74, 6) is 0.0195. The van der Waals surface area contributed by atoms with Crippen LogP contribution in [0.15, 0.2) is 12.3 Å². The lowest BCUT2D eigenvalue weighted by Crippen LogP contribution is -2.32. The van der Waals surface area contributed by atoms with Gasteiger partial charge in [0.15, 0.2) is 5.82 Å². The molecule has 0 aliphatic carbocycles. The van der Waals surface area contributed by atoms with Crippen LogP contribution in [0.3, 0.4) is 0 Å². The number of nitrogen functional groups attached to an aromatic ring is 1. The lowest BCUT2D eigenvalue weighted by atomic mass is 10.2. The van der Waals surface area contributed by atoms with Crippen LogP contribution in [0.2, 0.25) is 0 Å². The van der Waals surface area contributed by atoms with Crippen molar-refractivity contribution in [2.75, 3.05) is 37.4 Å². The van der Waals surface area contributed by atoms with Gasteiger partial charge in [-0.1, -0.05) is 13.8 Å². The summed E-state index contributed by atoms with van der Waals surface area (Å²) in [5, 5.41) is 8.90. The van der Waals surface area contributed by atoms with Crippen LogP contribution in [0, 0.1) is 5.92 Å². The molecule has 0 saturated heterocycles. The van der Waals surface area contributed by atoms with E-state index in [-0.39, 0.29) is 5.56 Å². The van der Waals surface area contributed by atoms with Crippen molar-refractivity contribution in [3.63, 3.8) is 0 Å². The van der Waals surface area contributed by atoms with Gasteiger partial charge in [0, 0.05) is 26.4 Å². The topological polar surface area (TPSA) is 88.7 Å². The average molecular weight is 267 g/mol. The second-order valence-electron chi connectivity index (χ2n) is 4.77. The number of aromatic nitrogens is 1. The first kappa shape index (κ1) is 15.2. The Morgan fingerprint density at radius 2 is 2.26 bits per heavy atom. The number of pyridine rings is 1. The first-order valence-corrected chi connectivity index (χ1v) is 6.18. The number of ether oxygens (including phenoxy) is 1. The molecule has 0 spiro atoms. The fraction of sp³-hybridized carbons (Fsp3) is 0.538. The van der Waals surface area contributed by atoms with Crippen LogP contribution < -0.4 is 10.6 Å². The number of hydrogen-bond donors (Lipinski definition) is 2. The van der Waals surface area contributed by atoms with Crippen LogP contribution in [-0.4, -0.2) is 42.9 Å². The van der Waals surface area contributed by atoms with Gasteiger partial charge < -0.3 is 20.5 Å². The van der Waals surface area contributed by atoms with Crippen molar-refractivity contribution in [3.8, 4) is 0 Å². The highest BCUT2D eigenvalue weighted by Gasteiger charge is 2.15. The molecule has 6 nitrogen and oxygen atoms in total. The van der Waals surface area contributed by atoms with Gasteiger partial charge in [-0.2, -0.15) is 0 Å². The van der Waals surface area contributed by atoms with Gasteiger partial charge in [-0.3, -0.25) is 0 Å². The highest BCUT2D eigenvalue weighted by atomic mass is 16.5. The molecule has 0 saturated carbocycles. The third kappa shape index (κ3) is 4.40. The van der Waals surface area contributed by atoms with Crippen LogP contribution in [-0.2, 0) is 4.74 Å². The summed E-state index contributed by atoms with van der Waals surface area (Å²) in [6, 6.07) is 1.44. The normalized spacial score (nSPS) is 10.7. The van der Waals surface area contributed by atoms with E-state index in [2.05, 4.69) is 18.8 Å². The van der Waals surface area contributed by atoms with Crippen molar-refractivity contribution in [1.82, 2.24) is 4.98 Å². The zero-order valence-corrected chi connectivity index (χ0v) is 11.6. The number of carboxylic acid groups (broad SMARTS) is 1. The lowest BCUT2D eigenvalue weighted by Gasteiger charge is -2.26. The second-order valence-corrected chi connectivity index (χ2v) is 4.77. The molecule has 19 heavy (non-hydrogen) atoms. The lowest BCUT2D eigenvalue weighted by molar-refractivity contribution is 0.0696. The summed E-state index contributed by atoms with van der Waals surface area (Å²) < 4.78 is 5.07. The number of anilines is 2. The number of carbonyl (C=O) groups is 1. The first-order valence-electron chi connectivity index (χ1n) is 6.18. The molecule has 0 bridgehead atoms. The van der Waals surface area contributed by atoms with Gasteiger partial charge in [0.1, 0.15) is 0 Å². The maximum atomic E-state index is 10.9. The Labute approximate surface area is 113 Å². The Kier molecular flexibility index (Phi) is 5.57. The number of rotatable bonds is 7. The van der Waals surface area contributed by atoms with Crippen LogP contribution in [0.25, 0.3) is 0 Å². The Bertz CT molecular complexity index is 435. The molecule has 3 N–H and O–H groups in total. The molecular formula is C13H21N3O3. The third-order valence-electron chi connectivity index (χ3n) is 2.59. The second kappa shape index (κ2) is 6.94. The zero-order chi connectivity index (χ0) is 14.4. The van der Waals surface area contributed by atoms with Crippen molar-refractivity contribution >= 4 is 17.5 Å². The molecule has 0 amide bonds. The fourth-order valence-corrected chi connectivity index (χ4v) is 1.78. The standard InChI is InChI=1S/C13H21N3O3/c1-9(2)8-16(4-5-19-3)12-11(14)6-10(7-15-12)13(17)18/h6-7,9H,4-5,8,14H2,1-3H3,(H,17,18). The minimum absolute atomic E-state index is 0.0949. The summed E-state index contributed by atoms with van der Waals surface area (Å²) in [6.07, 6.45) is 1.33. The Morgan fingerprint density at radius 1 is 1.58 bits per heavy atom. The van der Waals surface area contributed by atoms with Crippen molar-refractivity contribution in [2.24, 2.45) is 5.92 Å². The van der Waals surface area contributed by atoms with E-state index in [0.29, 0.717) is 30.6 Å². The molecular weight excluding hydrogens is 246 g/mol. The van der Waals surface area contributed by atoms with Gasteiger partial charge in [-0.05, 0) is 12.0 Å². The number of aromatic carboxylic acids is 1. The summed E-state index contributed by atoms with van der Waals surface area (Å²) in [5.41, 5.74) is 6.37. The zero-order valence-electron chi connectivity index (χ0n) is 11.6. The highest BCUT2D eigenvalue weighted by molar-refractivity contribution is 5.89. The van der Waals surface area contributed by atoms with Crippen LogP contribution in [0.4, 0.5) is 11.5 Å². The number of nitrogens with two attached hydrogens (primary N) is 1. The molecule has 0 fully saturated rings. The number of methoxy groups -OCH3 is 1. The van der Waals surface area contributed by atoms with E-state index in [9.17, 15) is 4.79 Å². The van der Waals surface area contributed by atoms with Crippen molar-refractivity contribution in [3.05, 3.63) is 17.8 Å². The summed E-state index contributed by atoms with van der Waals surface area (Å²) >= 11 is 0. The molecule has 0 aliphatic heterocycles. The Balaban J connectivity index is 2.97. The molecule has 0 radical (unpaired) electrons. The van der Waals surface area contributed by atoms with Gasteiger partial charge in [-0.25, -0.2) is 9.78 Å². The molecule has 106 valence electrons. The SMILES string of the molecule is COCCN(CC(C)C)c1ncc(C(=O)O)cc1N. The monoisotopic (exact) mass is 267 g/mol. The van der Waals surface area contributed by atoms with E-state index in [1.807, 2.05) is 4.90 Å². The van der Waals surface area contributed by atoms with E-state index >= 15 is 0 Å². The third-order valence-corrected chi connectivity index (χ3v) is 2.59. The van der Waals surface area contributed by atoms with Gasteiger partial charge in [0.05, 0.1) is 17.9 Å². The molecule has 0 aromatic carbocycles. The maximum absolute atomic E-state index is 10.9. The smallest absolute Gasteiger partial charge is 0.337 e. The number of carboxylic acids is 1. The highest BCUT2D eigenvalue weighted by Crippen LogP contribution is 2.22. The van der Waals surface area contributed by atoms with Gasteiger partial charge in [0.25, 0.3) is 0 Å². The van der Waals surface area contributed by atoms with Crippen molar-refractivity contribution in [2.45, 2.75) is 13.8 Å². The molecule has 0 aliphatic rings. The fourth-order valence-electron chi connectivity index (χ4n) is 1.78. The maximum Gasteiger partial charge on any atom is 0.337 e.